The number of benzene rings is 1. The number of halogens is 2. The molecule has 0 fully saturated rings. The predicted molar refractivity (Wildman–Crippen MR) is 65.3 cm³/mol. The first kappa shape index (κ1) is 12.0. The molecule has 2 aromatic rings. The van der Waals surface area contributed by atoms with Crippen molar-refractivity contribution < 1.29 is 9.18 Å². The summed E-state index contributed by atoms with van der Waals surface area (Å²) in [6.07, 6.45) is 1.95. The standard InChI is InChI=1S/C12H10BrFN2O/c1-16-5-4-9(15-16)7-12(17)8-2-3-10(13)11(14)6-8/h2-6H,7H2,1H3. The van der Waals surface area contributed by atoms with E-state index >= 15 is 0 Å². The first-order valence-corrected chi connectivity index (χ1v) is 5.82. The van der Waals surface area contributed by atoms with Gasteiger partial charge in [-0.05, 0) is 34.1 Å². The van der Waals surface area contributed by atoms with Crippen molar-refractivity contribution in [2.45, 2.75) is 6.42 Å². The van der Waals surface area contributed by atoms with Crippen LogP contribution in [0.4, 0.5) is 4.39 Å². The molecule has 0 aliphatic carbocycles. The molecule has 2 rings (SSSR count). The van der Waals surface area contributed by atoms with Gasteiger partial charge in [-0.3, -0.25) is 9.48 Å². The summed E-state index contributed by atoms with van der Waals surface area (Å²) in [6, 6.07) is 6.13. The number of Topliss-reactive ketones (excluding diaryl/α,β-unsaturated/α-hetero) is 1. The first-order chi connectivity index (χ1) is 8.06. The number of nitrogens with zero attached hydrogens (tertiary/aromatic N) is 2. The Hall–Kier alpha value is -1.49. The number of aromatic nitrogens is 2. The van der Waals surface area contributed by atoms with E-state index in [9.17, 15) is 9.18 Å². The molecule has 1 aromatic heterocycles. The zero-order valence-electron chi connectivity index (χ0n) is 9.15. The van der Waals surface area contributed by atoms with Crippen LogP contribution in [0.15, 0.2) is 34.9 Å². The molecule has 0 aliphatic heterocycles. The minimum atomic E-state index is -0.433. The summed E-state index contributed by atoms with van der Waals surface area (Å²) in [6.45, 7) is 0. The Balaban J connectivity index is 2.17. The van der Waals surface area contributed by atoms with E-state index in [1.807, 2.05) is 0 Å². The predicted octanol–water partition coefficient (Wildman–Crippen LogP) is 2.75. The lowest BCUT2D eigenvalue weighted by Gasteiger charge is -2.00. The van der Waals surface area contributed by atoms with Crippen LogP contribution in [-0.4, -0.2) is 15.6 Å². The zero-order chi connectivity index (χ0) is 12.4. The monoisotopic (exact) mass is 296 g/mol. The first-order valence-electron chi connectivity index (χ1n) is 5.03. The molecule has 3 nitrogen and oxygen atoms in total. The molecular weight excluding hydrogens is 287 g/mol. The van der Waals surface area contributed by atoms with Gasteiger partial charge in [-0.25, -0.2) is 4.39 Å². The van der Waals surface area contributed by atoms with Crippen molar-refractivity contribution in [3.8, 4) is 0 Å². The van der Waals surface area contributed by atoms with E-state index in [2.05, 4.69) is 21.0 Å². The molecule has 0 amide bonds. The van der Waals surface area contributed by atoms with Gasteiger partial charge in [-0.2, -0.15) is 5.10 Å². The van der Waals surface area contributed by atoms with Crippen molar-refractivity contribution in [2.75, 3.05) is 0 Å². The second-order valence-electron chi connectivity index (χ2n) is 3.71. The number of rotatable bonds is 3. The number of hydrogen-bond donors (Lipinski definition) is 0. The lowest BCUT2D eigenvalue weighted by atomic mass is 10.1. The molecule has 1 aromatic carbocycles. The summed E-state index contributed by atoms with van der Waals surface area (Å²) in [7, 11) is 1.78. The highest BCUT2D eigenvalue weighted by atomic mass is 79.9. The van der Waals surface area contributed by atoms with Crippen molar-refractivity contribution in [2.24, 2.45) is 7.05 Å². The molecule has 88 valence electrons. The van der Waals surface area contributed by atoms with Crippen molar-refractivity contribution in [1.29, 1.82) is 0 Å². The molecule has 0 aliphatic rings. The van der Waals surface area contributed by atoms with Crippen LogP contribution >= 0.6 is 15.9 Å². The van der Waals surface area contributed by atoms with E-state index in [1.54, 1.807) is 30.1 Å². The quantitative estimate of drug-likeness (QED) is 0.817. The van der Waals surface area contributed by atoms with Crippen LogP contribution in [0, 0.1) is 5.82 Å². The maximum Gasteiger partial charge on any atom is 0.168 e. The molecule has 0 saturated carbocycles. The summed E-state index contributed by atoms with van der Waals surface area (Å²) >= 11 is 3.05. The smallest absolute Gasteiger partial charge is 0.168 e. The van der Waals surface area contributed by atoms with Gasteiger partial charge in [0.15, 0.2) is 5.78 Å². The second kappa shape index (κ2) is 4.79. The van der Waals surface area contributed by atoms with E-state index < -0.39 is 5.82 Å². The number of ketones is 1. The van der Waals surface area contributed by atoms with Crippen LogP contribution in [0.2, 0.25) is 0 Å². The van der Waals surface area contributed by atoms with Crippen molar-refractivity contribution in [3.05, 3.63) is 52.0 Å². The van der Waals surface area contributed by atoms with Crippen molar-refractivity contribution >= 4 is 21.7 Å². The summed E-state index contributed by atoms with van der Waals surface area (Å²) < 4.78 is 15.2. The third-order valence-electron chi connectivity index (χ3n) is 2.35. The largest absolute Gasteiger partial charge is 0.294 e. The molecule has 0 unspecified atom stereocenters. The molecule has 0 radical (unpaired) electrons. The number of carbonyl (C=O) groups is 1. The average Bonchev–Trinajstić information content (AvgIpc) is 2.68. The van der Waals surface area contributed by atoms with Gasteiger partial charge in [0.1, 0.15) is 5.82 Å². The fourth-order valence-electron chi connectivity index (χ4n) is 1.49. The maximum atomic E-state index is 13.3. The Bertz CT molecular complexity index is 565. The number of aryl methyl sites for hydroxylation is 1. The third-order valence-corrected chi connectivity index (χ3v) is 3.00. The maximum absolute atomic E-state index is 13.3. The Labute approximate surface area is 106 Å². The van der Waals surface area contributed by atoms with Gasteiger partial charge in [0.05, 0.1) is 16.6 Å². The molecule has 5 heteroatoms. The van der Waals surface area contributed by atoms with E-state index in [0.29, 0.717) is 15.7 Å². The van der Waals surface area contributed by atoms with Gasteiger partial charge >= 0.3 is 0 Å². The lowest BCUT2D eigenvalue weighted by molar-refractivity contribution is 0.0991. The molecule has 0 bridgehead atoms. The number of carbonyl (C=O) groups excluding carboxylic acids is 1. The van der Waals surface area contributed by atoms with E-state index in [1.165, 1.54) is 12.1 Å². The zero-order valence-corrected chi connectivity index (χ0v) is 10.7. The fourth-order valence-corrected chi connectivity index (χ4v) is 1.74. The van der Waals surface area contributed by atoms with Gasteiger partial charge < -0.3 is 0 Å². The molecular formula is C12H10BrFN2O. The Morgan fingerprint density at radius 2 is 2.24 bits per heavy atom. The topological polar surface area (TPSA) is 34.9 Å². The van der Waals surface area contributed by atoms with Crippen molar-refractivity contribution in [1.82, 2.24) is 9.78 Å². The molecule has 17 heavy (non-hydrogen) atoms. The van der Waals surface area contributed by atoms with E-state index in [4.69, 9.17) is 0 Å². The van der Waals surface area contributed by atoms with Crippen LogP contribution < -0.4 is 0 Å². The second-order valence-corrected chi connectivity index (χ2v) is 4.56. The van der Waals surface area contributed by atoms with Crippen LogP contribution in [-0.2, 0) is 13.5 Å². The minimum absolute atomic E-state index is 0.143. The van der Waals surface area contributed by atoms with Crippen molar-refractivity contribution in [3.63, 3.8) is 0 Å². The van der Waals surface area contributed by atoms with Crippen LogP contribution in [0.25, 0.3) is 0 Å². The highest BCUT2D eigenvalue weighted by molar-refractivity contribution is 9.10. The lowest BCUT2D eigenvalue weighted by Crippen LogP contribution is -2.05. The minimum Gasteiger partial charge on any atom is -0.294 e. The molecule has 0 spiro atoms. The fraction of sp³-hybridized carbons (Fsp3) is 0.167. The van der Waals surface area contributed by atoms with Gasteiger partial charge in [0.2, 0.25) is 0 Å². The normalized spacial score (nSPS) is 10.5. The SMILES string of the molecule is Cn1ccc(CC(=O)c2ccc(Br)c(F)c2)n1. The van der Waals surface area contributed by atoms with E-state index in [-0.39, 0.29) is 12.2 Å². The van der Waals surface area contributed by atoms with Crippen LogP contribution in [0.3, 0.4) is 0 Å². The molecule has 0 N–H and O–H groups in total. The van der Waals surface area contributed by atoms with Crippen LogP contribution in [0.1, 0.15) is 16.1 Å². The van der Waals surface area contributed by atoms with Gasteiger partial charge in [0, 0.05) is 18.8 Å². The van der Waals surface area contributed by atoms with Gasteiger partial charge in [-0.15, -0.1) is 0 Å². The summed E-state index contributed by atoms with van der Waals surface area (Å²) in [5, 5.41) is 4.11. The highest BCUT2D eigenvalue weighted by Crippen LogP contribution is 2.17. The van der Waals surface area contributed by atoms with Gasteiger partial charge in [-0.1, -0.05) is 6.07 Å². The Morgan fingerprint density at radius 1 is 1.47 bits per heavy atom. The highest BCUT2D eigenvalue weighted by Gasteiger charge is 2.11. The number of hydrogen-bond acceptors (Lipinski definition) is 2. The third kappa shape index (κ3) is 2.79. The van der Waals surface area contributed by atoms with Gasteiger partial charge in [0.25, 0.3) is 0 Å². The summed E-state index contributed by atoms with van der Waals surface area (Å²) in [5.41, 5.74) is 1.04. The molecule has 1 heterocycles. The molecule has 0 atom stereocenters. The Morgan fingerprint density at radius 3 is 2.82 bits per heavy atom. The average molecular weight is 297 g/mol. The summed E-state index contributed by atoms with van der Waals surface area (Å²) in [5.74, 6) is -0.577. The Kier molecular flexibility index (Phi) is 3.38. The molecule has 0 saturated heterocycles. The van der Waals surface area contributed by atoms with Crippen LogP contribution in [0.5, 0.6) is 0 Å². The van der Waals surface area contributed by atoms with E-state index in [0.717, 1.165) is 0 Å². The summed E-state index contributed by atoms with van der Waals surface area (Å²) in [4.78, 5) is 11.9.